The van der Waals surface area contributed by atoms with Gasteiger partial charge in [0, 0.05) is 11.1 Å². The number of anilines is 1. The van der Waals surface area contributed by atoms with Gasteiger partial charge in [-0.2, -0.15) is 5.10 Å². The molecule has 0 saturated heterocycles. The first kappa shape index (κ1) is 24.1. The number of benzene rings is 3. The zero-order chi connectivity index (χ0) is 24.1. The monoisotopic (exact) mass is 464 g/mol. The summed E-state index contributed by atoms with van der Waals surface area (Å²) in [6.07, 6.45) is 7.93. The van der Waals surface area contributed by atoms with Gasteiger partial charge in [0.1, 0.15) is 5.75 Å². The number of nitrogens with zero attached hydrogens (tertiary/aromatic N) is 3. The molecule has 35 heavy (non-hydrogen) atoms. The van der Waals surface area contributed by atoms with Crippen molar-refractivity contribution in [1.82, 2.24) is 9.97 Å². The summed E-state index contributed by atoms with van der Waals surface area (Å²) in [6.45, 7) is 2.99. The highest BCUT2D eigenvalue weighted by atomic mass is 16.5. The third kappa shape index (κ3) is 7.51. The van der Waals surface area contributed by atoms with Crippen LogP contribution >= 0.6 is 0 Å². The lowest BCUT2D eigenvalue weighted by Gasteiger charge is -2.08. The number of unbranched alkanes of at least 4 members (excludes halogenated alkanes) is 4. The van der Waals surface area contributed by atoms with Crippen molar-refractivity contribution in [2.24, 2.45) is 5.10 Å². The average Bonchev–Trinajstić information content (AvgIpc) is 2.92. The van der Waals surface area contributed by atoms with Crippen LogP contribution in [-0.2, 0) is 0 Å². The molecule has 1 heterocycles. The van der Waals surface area contributed by atoms with Crippen LogP contribution in [-0.4, -0.2) is 22.8 Å². The molecule has 0 fully saturated rings. The van der Waals surface area contributed by atoms with Gasteiger partial charge in [-0.15, -0.1) is 0 Å². The summed E-state index contributed by atoms with van der Waals surface area (Å²) in [5.74, 6) is 1.33. The van der Waals surface area contributed by atoms with E-state index in [1.54, 1.807) is 6.21 Å². The molecule has 178 valence electrons. The van der Waals surface area contributed by atoms with E-state index in [4.69, 9.17) is 4.74 Å². The third-order valence-corrected chi connectivity index (χ3v) is 5.64. The third-order valence-electron chi connectivity index (χ3n) is 5.64. The Morgan fingerprint density at radius 1 is 0.743 bits per heavy atom. The van der Waals surface area contributed by atoms with Crippen LogP contribution < -0.4 is 10.2 Å². The van der Waals surface area contributed by atoms with Crippen LogP contribution in [0.4, 0.5) is 5.95 Å². The van der Waals surface area contributed by atoms with Crippen molar-refractivity contribution in [3.05, 3.63) is 96.6 Å². The molecule has 0 aliphatic carbocycles. The number of hydrazone groups is 1. The van der Waals surface area contributed by atoms with E-state index in [9.17, 15) is 0 Å². The van der Waals surface area contributed by atoms with E-state index in [1.807, 2.05) is 91.0 Å². The molecular formula is C30H32N4O. The second-order valence-electron chi connectivity index (χ2n) is 8.40. The fourth-order valence-electron chi connectivity index (χ4n) is 3.72. The first-order chi connectivity index (χ1) is 17.3. The molecule has 0 spiro atoms. The first-order valence-corrected chi connectivity index (χ1v) is 12.3. The molecule has 0 unspecified atom stereocenters. The number of aromatic nitrogens is 2. The van der Waals surface area contributed by atoms with Gasteiger partial charge >= 0.3 is 0 Å². The SMILES string of the molecule is CCCCCCCOc1ccc(/C=N\Nc2nc(-c3ccccc3)cc(-c3ccccc3)n2)cc1. The minimum atomic E-state index is 0.449. The Kier molecular flexibility index (Phi) is 9.00. The minimum Gasteiger partial charge on any atom is -0.494 e. The molecule has 1 N–H and O–H groups in total. The summed E-state index contributed by atoms with van der Waals surface area (Å²) < 4.78 is 5.85. The lowest BCUT2D eigenvalue weighted by atomic mass is 10.1. The Bertz CT molecular complexity index is 1130. The van der Waals surface area contributed by atoms with E-state index >= 15 is 0 Å². The maximum atomic E-state index is 5.85. The topological polar surface area (TPSA) is 59.4 Å². The van der Waals surface area contributed by atoms with Gasteiger partial charge in [0.05, 0.1) is 24.2 Å². The van der Waals surface area contributed by atoms with Crippen LogP contribution in [0.25, 0.3) is 22.5 Å². The predicted molar refractivity (Wildman–Crippen MR) is 145 cm³/mol. The maximum Gasteiger partial charge on any atom is 0.244 e. The zero-order valence-corrected chi connectivity index (χ0v) is 20.2. The molecule has 0 aliphatic heterocycles. The summed E-state index contributed by atoms with van der Waals surface area (Å²) >= 11 is 0. The maximum absolute atomic E-state index is 5.85. The van der Waals surface area contributed by atoms with Gasteiger partial charge in [-0.05, 0) is 42.3 Å². The molecule has 0 aliphatic rings. The van der Waals surface area contributed by atoms with Crippen molar-refractivity contribution in [2.75, 3.05) is 12.0 Å². The van der Waals surface area contributed by atoms with Crippen LogP contribution in [0.3, 0.4) is 0 Å². The smallest absolute Gasteiger partial charge is 0.244 e. The number of hydrogen-bond donors (Lipinski definition) is 1. The van der Waals surface area contributed by atoms with Crippen molar-refractivity contribution < 1.29 is 4.74 Å². The number of rotatable bonds is 12. The van der Waals surface area contributed by atoms with Crippen molar-refractivity contribution >= 4 is 12.2 Å². The Balaban J connectivity index is 1.41. The zero-order valence-electron chi connectivity index (χ0n) is 20.2. The molecule has 3 aromatic carbocycles. The normalized spacial score (nSPS) is 11.0. The lowest BCUT2D eigenvalue weighted by molar-refractivity contribution is 0.304. The van der Waals surface area contributed by atoms with Gasteiger partial charge in [0.15, 0.2) is 0 Å². The summed E-state index contributed by atoms with van der Waals surface area (Å²) in [6, 6.07) is 30.1. The Morgan fingerprint density at radius 2 is 1.34 bits per heavy atom. The number of nitrogens with one attached hydrogen (secondary N) is 1. The number of ether oxygens (including phenoxy) is 1. The highest BCUT2D eigenvalue weighted by Crippen LogP contribution is 2.25. The van der Waals surface area contributed by atoms with Crippen molar-refractivity contribution in [3.8, 4) is 28.3 Å². The molecule has 0 saturated carbocycles. The van der Waals surface area contributed by atoms with Gasteiger partial charge in [-0.25, -0.2) is 15.4 Å². The largest absolute Gasteiger partial charge is 0.494 e. The van der Waals surface area contributed by atoms with E-state index in [0.29, 0.717) is 5.95 Å². The Labute approximate surface area is 207 Å². The second kappa shape index (κ2) is 13.0. The lowest BCUT2D eigenvalue weighted by Crippen LogP contribution is -2.00. The van der Waals surface area contributed by atoms with Crippen LogP contribution in [0.1, 0.15) is 44.6 Å². The van der Waals surface area contributed by atoms with Crippen LogP contribution in [0.2, 0.25) is 0 Å². The molecule has 5 nitrogen and oxygen atoms in total. The average molecular weight is 465 g/mol. The molecule has 4 rings (SSSR count). The van der Waals surface area contributed by atoms with E-state index in [2.05, 4.69) is 27.4 Å². The van der Waals surface area contributed by atoms with Crippen molar-refractivity contribution in [1.29, 1.82) is 0 Å². The molecular weight excluding hydrogens is 432 g/mol. The molecule has 4 aromatic rings. The quantitative estimate of drug-likeness (QED) is 0.133. The second-order valence-corrected chi connectivity index (χ2v) is 8.40. The first-order valence-electron chi connectivity index (χ1n) is 12.3. The molecule has 0 bridgehead atoms. The van der Waals surface area contributed by atoms with E-state index < -0.39 is 0 Å². The van der Waals surface area contributed by atoms with Gasteiger partial charge in [-0.1, -0.05) is 93.3 Å². The van der Waals surface area contributed by atoms with Gasteiger partial charge < -0.3 is 4.74 Å². The van der Waals surface area contributed by atoms with Crippen molar-refractivity contribution in [3.63, 3.8) is 0 Å². The molecule has 0 atom stereocenters. The minimum absolute atomic E-state index is 0.449. The fraction of sp³-hybridized carbons (Fsp3) is 0.233. The van der Waals surface area contributed by atoms with Gasteiger partial charge in [0.25, 0.3) is 0 Å². The predicted octanol–water partition coefficient (Wildman–Crippen LogP) is 7.61. The summed E-state index contributed by atoms with van der Waals surface area (Å²) in [5, 5.41) is 4.37. The van der Waals surface area contributed by atoms with E-state index in [-0.39, 0.29) is 0 Å². The van der Waals surface area contributed by atoms with E-state index in [0.717, 1.165) is 46.9 Å². The van der Waals surface area contributed by atoms with Crippen LogP contribution in [0.5, 0.6) is 5.75 Å². The molecule has 1 aromatic heterocycles. The molecule has 5 heteroatoms. The standard InChI is InChI=1S/C30H32N4O/c1-2-3-4-5-12-21-35-27-19-17-24(18-20-27)23-31-34-30-32-28(25-13-8-6-9-14-25)22-29(33-30)26-15-10-7-11-16-26/h6-11,13-20,22-23H,2-5,12,21H2,1H3,(H,32,33,34)/b31-23-. The highest BCUT2D eigenvalue weighted by molar-refractivity contribution is 5.80. The summed E-state index contributed by atoms with van der Waals surface area (Å²) in [7, 11) is 0. The highest BCUT2D eigenvalue weighted by Gasteiger charge is 2.08. The molecule has 0 radical (unpaired) electrons. The summed E-state index contributed by atoms with van der Waals surface area (Å²) in [5.41, 5.74) is 7.71. The fourth-order valence-corrected chi connectivity index (χ4v) is 3.72. The van der Waals surface area contributed by atoms with E-state index in [1.165, 1.54) is 25.7 Å². The molecule has 0 amide bonds. The van der Waals surface area contributed by atoms with Crippen LogP contribution in [0.15, 0.2) is 96.1 Å². The summed E-state index contributed by atoms with van der Waals surface area (Å²) in [4.78, 5) is 9.36. The Morgan fingerprint density at radius 3 is 1.94 bits per heavy atom. The van der Waals surface area contributed by atoms with Gasteiger partial charge in [0.2, 0.25) is 5.95 Å². The van der Waals surface area contributed by atoms with Crippen molar-refractivity contribution in [2.45, 2.75) is 39.0 Å². The van der Waals surface area contributed by atoms with Crippen LogP contribution in [0, 0.1) is 0 Å². The van der Waals surface area contributed by atoms with Gasteiger partial charge in [-0.3, -0.25) is 0 Å². The number of hydrogen-bond acceptors (Lipinski definition) is 5. The Hall–Kier alpha value is -3.99.